The van der Waals surface area contributed by atoms with Crippen molar-refractivity contribution in [3.8, 4) is 5.75 Å². The maximum absolute atomic E-state index is 12.9. The van der Waals surface area contributed by atoms with Crippen molar-refractivity contribution < 1.29 is 23.9 Å². The number of benzene rings is 2. The van der Waals surface area contributed by atoms with Crippen molar-refractivity contribution in [3.63, 3.8) is 0 Å². The number of amides is 3. The lowest BCUT2D eigenvalue weighted by atomic mass is 10.0. The maximum atomic E-state index is 12.9. The number of ether oxygens (including phenoxy) is 2. The second-order valence-electron chi connectivity index (χ2n) is 7.25. The zero-order valence-corrected chi connectivity index (χ0v) is 16.4. The molecule has 0 saturated heterocycles. The largest absolute Gasteiger partial charge is 0.488 e. The molecular formula is C22H22N2O5. The lowest BCUT2D eigenvalue weighted by molar-refractivity contribution is 0.0603. The average Bonchev–Trinajstić information content (AvgIpc) is 3.24. The minimum atomic E-state index is -0.395. The number of nitrogens with zero attached hydrogens (tertiary/aromatic N) is 2. The van der Waals surface area contributed by atoms with E-state index in [1.807, 2.05) is 24.3 Å². The van der Waals surface area contributed by atoms with Crippen LogP contribution < -0.4 is 4.74 Å². The molecule has 4 rings (SSSR count). The average molecular weight is 394 g/mol. The van der Waals surface area contributed by atoms with E-state index < -0.39 is 5.91 Å². The molecule has 2 aliphatic heterocycles. The van der Waals surface area contributed by atoms with Crippen LogP contribution in [0.2, 0.25) is 0 Å². The zero-order valence-electron chi connectivity index (χ0n) is 16.4. The van der Waals surface area contributed by atoms with Crippen molar-refractivity contribution in [2.45, 2.75) is 12.5 Å². The van der Waals surface area contributed by atoms with Crippen molar-refractivity contribution >= 4 is 17.7 Å². The van der Waals surface area contributed by atoms with E-state index in [9.17, 15) is 14.4 Å². The second kappa shape index (κ2) is 7.67. The summed E-state index contributed by atoms with van der Waals surface area (Å²) in [6.07, 6.45) is 0.642. The summed E-state index contributed by atoms with van der Waals surface area (Å²) in [4.78, 5) is 40.6. The third-order valence-electron chi connectivity index (χ3n) is 5.27. The molecule has 2 heterocycles. The van der Waals surface area contributed by atoms with Crippen LogP contribution in [0.25, 0.3) is 0 Å². The Bertz CT molecular complexity index is 962. The quantitative estimate of drug-likeness (QED) is 0.701. The van der Waals surface area contributed by atoms with Crippen LogP contribution >= 0.6 is 0 Å². The van der Waals surface area contributed by atoms with Gasteiger partial charge in [0.15, 0.2) is 0 Å². The summed E-state index contributed by atoms with van der Waals surface area (Å²) in [5.41, 5.74) is 2.09. The Balaban J connectivity index is 1.46. The molecule has 0 N–H and O–H groups in total. The van der Waals surface area contributed by atoms with Gasteiger partial charge in [0.1, 0.15) is 11.9 Å². The fourth-order valence-electron chi connectivity index (χ4n) is 3.77. The molecule has 1 atom stereocenters. The van der Waals surface area contributed by atoms with E-state index in [1.54, 1.807) is 24.1 Å². The smallest absolute Gasteiger partial charge is 0.261 e. The van der Waals surface area contributed by atoms with Crippen LogP contribution in [0.15, 0.2) is 42.5 Å². The van der Waals surface area contributed by atoms with E-state index in [-0.39, 0.29) is 36.6 Å². The third-order valence-corrected chi connectivity index (χ3v) is 5.27. The summed E-state index contributed by atoms with van der Waals surface area (Å²) in [5, 5.41) is 0. The summed E-state index contributed by atoms with van der Waals surface area (Å²) in [7, 11) is 3.22. The molecule has 0 spiro atoms. The highest BCUT2D eigenvalue weighted by atomic mass is 16.5. The van der Waals surface area contributed by atoms with Gasteiger partial charge in [-0.05, 0) is 29.8 Å². The van der Waals surface area contributed by atoms with Gasteiger partial charge < -0.3 is 14.4 Å². The number of carbonyl (C=O) groups excluding carboxylic acids is 3. The summed E-state index contributed by atoms with van der Waals surface area (Å²) >= 11 is 0. The molecule has 0 saturated carbocycles. The summed E-state index contributed by atoms with van der Waals surface area (Å²) < 4.78 is 10.9. The minimum Gasteiger partial charge on any atom is -0.488 e. The van der Waals surface area contributed by atoms with Crippen LogP contribution in [0.5, 0.6) is 5.75 Å². The van der Waals surface area contributed by atoms with E-state index in [2.05, 4.69) is 0 Å². The van der Waals surface area contributed by atoms with E-state index in [4.69, 9.17) is 9.47 Å². The predicted molar refractivity (Wildman–Crippen MR) is 105 cm³/mol. The number of hydrogen-bond acceptors (Lipinski definition) is 5. The second-order valence-corrected chi connectivity index (χ2v) is 7.25. The van der Waals surface area contributed by atoms with Crippen LogP contribution in [0.1, 0.15) is 36.6 Å². The standard InChI is InChI=1S/C22H22N2O5/c1-23(13-16-11-14-5-3-4-6-19(14)29-16)20(25)15-7-8-17-18(12-15)22(27)24(21(17)26)9-10-28-2/h3-8,12,16H,9-11,13H2,1-2H3. The van der Waals surface area contributed by atoms with Gasteiger partial charge in [-0.2, -0.15) is 0 Å². The molecule has 0 aliphatic carbocycles. The topological polar surface area (TPSA) is 76.2 Å². The molecule has 0 fully saturated rings. The number of carbonyl (C=O) groups is 3. The molecule has 2 aromatic carbocycles. The lowest BCUT2D eigenvalue weighted by Gasteiger charge is -2.21. The maximum Gasteiger partial charge on any atom is 0.261 e. The van der Waals surface area contributed by atoms with Crippen LogP contribution in [0.3, 0.4) is 0 Å². The Kier molecular flexibility index (Phi) is 5.07. The molecule has 2 aromatic rings. The number of fused-ring (bicyclic) bond motifs is 2. The normalized spacial score (nSPS) is 17.2. The molecule has 7 heteroatoms. The molecule has 29 heavy (non-hydrogen) atoms. The first-order chi connectivity index (χ1) is 14.0. The summed E-state index contributed by atoms with van der Waals surface area (Å²) in [6, 6.07) is 12.5. The first-order valence-corrected chi connectivity index (χ1v) is 9.49. The van der Waals surface area contributed by atoms with Crippen LogP contribution in [0, 0.1) is 0 Å². The molecule has 0 radical (unpaired) electrons. The monoisotopic (exact) mass is 394 g/mol. The Morgan fingerprint density at radius 1 is 1.17 bits per heavy atom. The number of para-hydroxylation sites is 1. The fraction of sp³-hybridized carbons (Fsp3) is 0.318. The molecular weight excluding hydrogens is 372 g/mol. The molecule has 150 valence electrons. The SMILES string of the molecule is COCCN1C(=O)c2ccc(C(=O)N(C)CC3Cc4ccccc4O3)cc2C1=O. The molecule has 0 bridgehead atoms. The van der Waals surface area contributed by atoms with E-state index in [0.717, 1.165) is 22.6 Å². The first-order valence-electron chi connectivity index (χ1n) is 9.49. The Morgan fingerprint density at radius 2 is 1.93 bits per heavy atom. The zero-order chi connectivity index (χ0) is 20.5. The van der Waals surface area contributed by atoms with Crippen LogP contribution in [-0.4, -0.2) is 67.5 Å². The van der Waals surface area contributed by atoms with E-state index >= 15 is 0 Å². The first kappa shape index (κ1) is 19.1. The highest BCUT2D eigenvalue weighted by molar-refractivity contribution is 6.22. The highest BCUT2D eigenvalue weighted by Gasteiger charge is 2.36. The number of methoxy groups -OCH3 is 1. The predicted octanol–water partition coefficient (Wildman–Crippen LogP) is 2.00. The fourth-order valence-corrected chi connectivity index (χ4v) is 3.77. The summed E-state index contributed by atoms with van der Waals surface area (Å²) in [6.45, 7) is 0.882. The number of likely N-dealkylation sites (N-methyl/N-ethyl adjacent to an activating group) is 1. The van der Waals surface area contributed by atoms with Crippen molar-refractivity contribution in [1.29, 1.82) is 0 Å². The lowest BCUT2D eigenvalue weighted by Crippen LogP contribution is -2.36. The van der Waals surface area contributed by atoms with E-state index in [0.29, 0.717) is 17.7 Å². The summed E-state index contributed by atoms with van der Waals surface area (Å²) in [5.74, 6) is -0.112. The van der Waals surface area contributed by atoms with Gasteiger partial charge in [0.25, 0.3) is 17.7 Å². The van der Waals surface area contributed by atoms with Crippen molar-refractivity contribution in [1.82, 2.24) is 9.80 Å². The van der Waals surface area contributed by atoms with E-state index in [1.165, 1.54) is 13.2 Å². The van der Waals surface area contributed by atoms with Gasteiger partial charge in [-0.25, -0.2) is 0 Å². The third kappa shape index (κ3) is 3.49. The van der Waals surface area contributed by atoms with Gasteiger partial charge in [-0.15, -0.1) is 0 Å². The Labute approximate surface area is 168 Å². The van der Waals surface area contributed by atoms with Gasteiger partial charge in [0.2, 0.25) is 0 Å². The molecule has 0 aromatic heterocycles. The molecule has 2 aliphatic rings. The Hall–Kier alpha value is -3.19. The Morgan fingerprint density at radius 3 is 2.69 bits per heavy atom. The van der Waals surface area contributed by atoms with Crippen LogP contribution in [-0.2, 0) is 11.2 Å². The minimum absolute atomic E-state index is 0.108. The van der Waals surface area contributed by atoms with Gasteiger partial charge >= 0.3 is 0 Å². The molecule has 7 nitrogen and oxygen atoms in total. The van der Waals surface area contributed by atoms with Crippen LogP contribution in [0.4, 0.5) is 0 Å². The number of hydrogen-bond donors (Lipinski definition) is 0. The van der Waals surface area contributed by atoms with Gasteiger partial charge in [0, 0.05) is 26.1 Å². The number of imide groups is 1. The van der Waals surface area contributed by atoms with Crippen molar-refractivity contribution in [3.05, 3.63) is 64.7 Å². The van der Waals surface area contributed by atoms with Gasteiger partial charge in [-0.3, -0.25) is 19.3 Å². The van der Waals surface area contributed by atoms with Gasteiger partial charge in [-0.1, -0.05) is 18.2 Å². The highest BCUT2D eigenvalue weighted by Crippen LogP contribution is 2.29. The molecule has 1 unspecified atom stereocenters. The number of rotatable bonds is 6. The molecule has 3 amide bonds. The van der Waals surface area contributed by atoms with Crippen molar-refractivity contribution in [2.75, 3.05) is 33.9 Å². The van der Waals surface area contributed by atoms with Gasteiger partial charge in [0.05, 0.1) is 30.8 Å². The van der Waals surface area contributed by atoms with Crippen molar-refractivity contribution in [2.24, 2.45) is 0 Å².